The van der Waals surface area contributed by atoms with Crippen LogP contribution in [0.5, 0.6) is 0 Å². The highest BCUT2D eigenvalue weighted by Gasteiger charge is 2.21. The van der Waals surface area contributed by atoms with Crippen molar-refractivity contribution in [1.29, 1.82) is 0 Å². The second kappa shape index (κ2) is 5.26. The Balaban J connectivity index is 2.20. The molecule has 1 heterocycles. The summed E-state index contributed by atoms with van der Waals surface area (Å²) in [5.74, 6) is 0. The van der Waals surface area contributed by atoms with E-state index in [4.69, 9.17) is 4.74 Å². The fourth-order valence-corrected chi connectivity index (χ4v) is 1.73. The first-order valence-corrected chi connectivity index (χ1v) is 5.03. The van der Waals surface area contributed by atoms with Crippen molar-refractivity contribution in [3.8, 4) is 0 Å². The van der Waals surface area contributed by atoms with E-state index in [2.05, 4.69) is 0 Å². The van der Waals surface area contributed by atoms with Gasteiger partial charge in [0.2, 0.25) is 6.04 Å². The number of rotatable bonds is 5. The predicted molar refractivity (Wildman–Crippen MR) is 52.9 cm³/mol. The van der Waals surface area contributed by atoms with E-state index in [0.29, 0.717) is 6.54 Å². The lowest BCUT2D eigenvalue weighted by molar-refractivity contribution is -0.518. The van der Waals surface area contributed by atoms with E-state index < -0.39 is 6.04 Å². The Morgan fingerprint density at radius 1 is 1.71 bits per heavy atom. The Labute approximate surface area is 84.2 Å². The number of hydrogen-bond donors (Lipinski definition) is 0. The molecule has 1 rings (SSSR count). The Morgan fingerprint density at radius 2 is 2.43 bits per heavy atom. The summed E-state index contributed by atoms with van der Waals surface area (Å²) in [6.45, 7) is 3.76. The van der Waals surface area contributed by atoms with Crippen molar-refractivity contribution in [2.24, 2.45) is 0 Å². The summed E-state index contributed by atoms with van der Waals surface area (Å²) >= 11 is 0. The maximum Gasteiger partial charge on any atom is 0.222 e. The van der Waals surface area contributed by atoms with Crippen molar-refractivity contribution in [3.63, 3.8) is 0 Å². The van der Waals surface area contributed by atoms with Gasteiger partial charge in [-0.25, -0.2) is 0 Å². The van der Waals surface area contributed by atoms with Gasteiger partial charge >= 0.3 is 0 Å². The number of nitro groups is 1. The molecular formula is C9H18N2O3. The summed E-state index contributed by atoms with van der Waals surface area (Å²) in [5.41, 5.74) is 0. The second-order valence-corrected chi connectivity index (χ2v) is 3.99. The van der Waals surface area contributed by atoms with Gasteiger partial charge in [0, 0.05) is 25.0 Å². The van der Waals surface area contributed by atoms with Crippen molar-refractivity contribution in [2.45, 2.75) is 31.9 Å². The van der Waals surface area contributed by atoms with E-state index in [1.807, 2.05) is 11.9 Å². The lowest BCUT2D eigenvalue weighted by Crippen LogP contribution is -2.36. The molecule has 0 N–H and O–H groups in total. The molecule has 14 heavy (non-hydrogen) atoms. The van der Waals surface area contributed by atoms with Gasteiger partial charge in [0.05, 0.1) is 12.6 Å². The lowest BCUT2D eigenvalue weighted by Gasteiger charge is -2.20. The summed E-state index contributed by atoms with van der Waals surface area (Å²) in [6.07, 6.45) is 2.47. The van der Waals surface area contributed by atoms with Gasteiger partial charge < -0.3 is 4.74 Å². The van der Waals surface area contributed by atoms with Crippen molar-refractivity contribution < 1.29 is 9.66 Å². The van der Waals surface area contributed by atoms with Crippen LogP contribution in [-0.2, 0) is 4.74 Å². The highest BCUT2D eigenvalue weighted by molar-refractivity contribution is 4.69. The molecule has 2 atom stereocenters. The summed E-state index contributed by atoms with van der Waals surface area (Å²) in [5, 5.41) is 10.4. The van der Waals surface area contributed by atoms with Gasteiger partial charge in [-0.2, -0.15) is 0 Å². The standard InChI is InChI=1S/C9H18N2O3/c1-8(11(12)13)6-10(2)7-9-4-3-5-14-9/h8-9H,3-7H2,1-2H3. The van der Waals surface area contributed by atoms with Gasteiger partial charge in [0.25, 0.3) is 0 Å². The average molecular weight is 202 g/mol. The molecule has 1 aliphatic rings. The molecular weight excluding hydrogens is 184 g/mol. The van der Waals surface area contributed by atoms with Crippen LogP contribution in [0, 0.1) is 10.1 Å². The zero-order valence-electron chi connectivity index (χ0n) is 8.81. The number of ether oxygens (including phenoxy) is 1. The van der Waals surface area contributed by atoms with Crippen molar-refractivity contribution in [3.05, 3.63) is 10.1 Å². The molecule has 2 unspecified atom stereocenters. The summed E-state index contributed by atoms with van der Waals surface area (Å²) < 4.78 is 5.45. The maximum atomic E-state index is 10.4. The topological polar surface area (TPSA) is 55.6 Å². The predicted octanol–water partition coefficient (Wildman–Crippen LogP) is 0.762. The van der Waals surface area contributed by atoms with E-state index in [9.17, 15) is 10.1 Å². The molecule has 0 bridgehead atoms. The average Bonchev–Trinajstić information content (AvgIpc) is 2.56. The minimum absolute atomic E-state index is 0.244. The molecule has 0 aromatic heterocycles. The minimum atomic E-state index is -0.499. The summed E-state index contributed by atoms with van der Waals surface area (Å²) in [4.78, 5) is 12.2. The van der Waals surface area contributed by atoms with Gasteiger partial charge in [-0.15, -0.1) is 0 Å². The van der Waals surface area contributed by atoms with Crippen LogP contribution in [0.25, 0.3) is 0 Å². The van der Waals surface area contributed by atoms with Crippen LogP contribution in [0.4, 0.5) is 0 Å². The minimum Gasteiger partial charge on any atom is -0.377 e. The van der Waals surface area contributed by atoms with E-state index in [1.165, 1.54) is 0 Å². The van der Waals surface area contributed by atoms with Crippen molar-refractivity contribution >= 4 is 0 Å². The van der Waals surface area contributed by atoms with Gasteiger partial charge in [-0.05, 0) is 19.9 Å². The first-order valence-electron chi connectivity index (χ1n) is 5.03. The third-order valence-electron chi connectivity index (χ3n) is 2.48. The number of hydrogen-bond acceptors (Lipinski definition) is 4. The number of likely N-dealkylation sites (N-methyl/N-ethyl adjacent to an activating group) is 1. The summed E-state index contributed by atoms with van der Waals surface area (Å²) in [7, 11) is 1.90. The smallest absolute Gasteiger partial charge is 0.222 e. The van der Waals surface area contributed by atoms with E-state index >= 15 is 0 Å². The van der Waals surface area contributed by atoms with Crippen LogP contribution in [0.2, 0.25) is 0 Å². The molecule has 5 heteroatoms. The zero-order valence-corrected chi connectivity index (χ0v) is 8.81. The molecule has 0 spiro atoms. The van der Waals surface area contributed by atoms with Crippen molar-refractivity contribution in [1.82, 2.24) is 4.90 Å². The lowest BCUT2D eigenvalue weighted by atomic mass is 10.2. The highest BCUT2D eigenvalue weighted by atomic mass is 16.6. The van der Waals surface area contributed by atoms with Gasteiger partial charge in [-0.3, -0.25) is 15.0 Å². The SMILES string of the molecule is CC(CN(C)CC1CCCO1)[N+](=O)[O-]. The van der Waals surface area contributed by atoms with Gasteiger partial charge in [0.15, 0.2) is 0 Å². The van der Waals surface area contributed by atoms with Crippen LogP contribution in [0.1, 0.15) is 19.8 Å². The molecule has 1 fully saturated rings. The molecule has 0 aromatic rings. The zero-order chi connectivity index (χ0) is 10.6. The van der Waals surface area contributed by atoms with Gasteiger partial charge in [-0.1, -0.05) is 0 Å². The molecule has 0 aromatic carbocycles. The second-order valence-electron chi connectivity index (χ2n) is 3.99. The van der Waals surface area contributed by atoms with Crippen LogP contribution >= 0.6 is 0 Å². The maximum absolute atomic E-state index is 10.4. The quantitative estimate of drug-likeness (QED) is 0.488. The number of nitrogens with zero attached hydrogens (tertiary/aromatic N) is 2. The Hall–Kier alpha value is -0.680. The molecule has 0 aliphatic carbocycles. The molecule has 0 radical (unpaired) electrons. The van der Waals surface area contributed by atoms with E-state index in [0.717, 1.165) is 26.0 Å². The molecule has 5 nitrogen and oxygen atoms in total. The Morgan fingerprint density at radius 3 is 2.93 bits per heavy atom. The van der Waals surface area contributed by atoms with E-state index in [1.54, 1.807) is 6.92 Å². The van der Waals surface area contributed by atoms with E-state index in [-0.39, 0.29) is 11.0 Å². The van der Waals surface area contributed by atoms with Crippen molar-refractivity contribution in [2.75, 3.05) is 26.7 Å². The third kappa shape index (κ3) is 3.59. The normalized spacial score (nSPS) is 24.1. The highest BCUT2D eigenvalue weighted by Crippen LogP contribution is 2.12. The first-order chi connectivity index (χ1) is 6.59. The molecule has 0 saturated carbocycles. The fourth-order valence-electron chi connectivity index (χ4n) is 1.73. The van der Waals surface area contributed by atoms with Crippen LogP contribution in [0.3, 0.4) is 0 Å². The summed E-state index contributed by atoms with van der Waals surface area (Å²) in [6, 6.07) is -0.499. The molecule has 82 valence electrons. The first kappa shape index (κ1) is 11.4. The molecule has 1 saturated heterocycles. The monoisotopic (exact) mass is 202 g/mol. The van der Waals surface area contributed by atoms with Crippen LogP contribution < -0.4 is 0 Å². The third-order valence-corrected chi connectivity index (χ3v) is 2.48. The largest absolute Gasteiger partial charge is 0.377 e. The fraction of sp³-hybridized carbons (Fsp3) is 1.00. The Kier molecular flexibility index (Phi) is 4.28. The molecule has 0 amide bonds. The molecule has 1 aliphatic heterocycles. The van der Waals surface area contributed by atoms with Crippen LogP contribution in [-0.4, -0.2) is 48.7 Å². The Bertz CT molecular complexity index is 192. The van der Waals surface area contributed by atoms with Gasteiger partial charge in [0.1, 0.15) is 0 Å². The van der Waals surface area contributed by atoms with Crippen LogP contribution in [0.15, 0.2) is 0 Å².